The zero-order valence-corrected chi connectivity index (χ0v) is 25.9. The molecular weight excluding hydrogens is 620 g/mol. The lowest BCUT2D eigenvalue weighted by atomic mass is 9.72. The SMILES string of the molecule is COC1CC(C2[OH+]C3CC(O)CC(O)C3CC2OC2OC(CO)C(O)C(OC3OC(CO)C(O)C(O)C3O)C2O)CC(OC)C1O. The molecule has 5 fully saturated rings. The van der Waals surface area contributed by atoms with Gasteiger partial charge in [-0.05, 0) is 19.3 Å². The second-order valence-corrected chi connectivity index (χ2v) is 13.2. The van der Waals surface area contributed by atoms with Crippen LogP contribution in [0.4, 0.5) is 0 Å². The molecule has 46 heavy (non-hydrogen) atoms. The van der Waals surface area contributed by atoms with Crippen LogP contribution in [0.15, 0.2) is 0 Å². The fourth-order valence-electron chi connectivity index (χ4n) is 7.83. The molecule has 17 heteroatoms. The predicted molar refractivity (Wildman–Crippen MR) is 151 cm³/mol. The number of ether oxygens (including phenoxy) is 7. The van der Waals surface area contributed by atoms with E-state index < -0.39 is 117 Å². The molecule has 18 unspecified atom stereocenters. The second-order valence-electron chi connectivity index (χ2n) is 13.2. The highest BCUT2D eigenvalue weighted by Crippen LogP contribution is 2.43. The molecule has 3 heterocycles. The maximum Gasteiger partial charge on any atom is 0.187 e. The minimum Gasteiger partial charge on any atom is -0.427 e. The van der Waals surface area contributed by atoms with Gasteiger partial charge in [-0.1, -0.05) is 0 Å². The molecule has 2 aliphatic carbocycles. The molecule has 0 amide bonds. The lowest BCUT2D eigenvalue weighted by Gasteiger charge is -2.50. The molecule has 0 aromatic rings. The van der Waals surface area contributed by atoms with Crippen molar-refractivity contribution in [1.82, 2.24) is 0 Å². The quantitative estimate of drug-likeness (QED) is 0.103. The molecule has 0 spiro atoms. The number of rotatable bonds is 9. The molecular formula is C29H51O17+. The summed E-state index contributed by atoms with van der Waals surface area (Å²) in [5.74, 6) is -0.627. The van der Waals surface area contributed by atoms with Gasteiger partial charge in [-0.3, -0.25) is 0 Å². The molecule has 3 aliphatic heterocycles. The van der Waals surface area contributed by atoms with E-state index in [1.165, 1.54) is 14.2 Å². The Kier molecular flexibility index (Phi) is 12.3. The number of aliphatic hydroxyl groups excluding tert-OH is 10. The zero-order valence-electron chi connectivity index (χ0n) is 25.9. The Bertz CT molecular complexity index is 947. The van der Waals surface area contributed by atoms with Crippen LogP contribution >= 0.6 is 0 Å². The predicted octanol–water partition coefficient (Wildman–Crippen LogP) is -5.40. The minimum atomic E-state index is -1.82. The third-order valence-electron chi connectivity index (χ3n) is 10.5. The van der Waals surface area contributed by atoms with Gasteiger partial charge in [-0.25, -0.2) is 0 Å². The molecule has 18 atom stereocenters. The van der Waals surface area contributed by atoms with Crippen molar-refractivity contribution in [1.29, 1.82) is 0 Å². The largest absolute Gasteiger partial charge is 0.427 e. The average molecular weight is 672 g/mol. The van der Waals surface area contributed by atoms with E-state index in [4.69, 9.17) is 33.2 Å². The van der Waals surface area contributed by atoms with Gasteiger partial charge < -0.3 is 84.2 Å². The summed E-state index contributed by atoms with van der Waals surface area (Å²) in [5, 5.41) is 105. The second kappa shape index (κ2) is 15.5. The van der Waals surface area contributed by atoms with Crippen LogP contribution in [0.1, 0.15) is 32.1 Å². The van der Waals surface area contributed by atoms with Gasteiger partial charge in [0, 0.05) is 33.0 Å². The number of hydrogen-bond acceptors (Lipinski definition) is 16. The first-order valence-corrected chi connectivity index (χ1v) is 16.0. The van der Waals surface area contributed by atoms with Crippen LogP contribution in [0.2, 0.25) is 0 Å². The van der Waals surface area contributed by atoms with E-state index >= 15 is 0 Å². The monoisotopic (exact) mass is 671 g/mol. The van der Waals surface area contributed by atoms with Gasteiger partial charge in [0.25, 0.3) is 0 Å². The van der Waals surface area contributed by atoms with Crippen molar-refractivity contribution in [3.8, 4) is 0 Å². The summed E-state index contributed by atoms with van der Waals surface area (Å²) >= 11 is 0. The molecule has 268 valence electrons. The Balaban J connectivity index is 1.38. The van der Waals surface area contributed by atoms with Gasteiger partial charge in [0.05, 0.1) is 43.5 Å². The molecule has 2 saturated carbocycles. The minimum absolute atomic E-state index is 0.164. The van der Waals surface area contributed by atoms with Crippen molar-refractivity contribution in [2.75, 3.05) is 27.4 Å². The summed E-state index contributed by atoms with van der Waals surface area (Å²) < 4.78 is 39.4. The maximum atomic E-state index is 11.4. The highest BCUT2D eigenvalue weighted by atomic mass is 16.7. The van der Waals surface area contributed by atoms with Gasteiger partial charge in [0.15, 0.2) is 24.8 Å². The Morgan fingerprint density at radius 3 is 1.78 bits per heavy atom. The molecule has 17 nitrogen and oxygen atoms in total. The summed E-state index contributed by atoms with van der Waals surface area (Å²) in [7, 11) is 2.97. The van der Waals surface area contributed by atoms with Crippen molar-refractivity contribution < 1.29 is 84.2 Å². The molecule has 5 rings (SSSR count). The first-order valence-electron chi connectivity index (χ1n) is 16.0. The van der Waals surface area contributed by atoms with Crippen LogP contribution in [0.3, 0.4) is 0 Å². The molecule has 0 radical (unpaired) electrons. The molecule has 0 bridgehead atoms. The van der Waals surface area contributed by atoms with Crippen LogP contribution in [0.25, 0.3) is 0 Å². The molecule has 5 aliphatic rings. The van der Waals surface area contributed by atoms with E-state index in [9.17, 15) is 51.1 Å². The van der Waals surface area contributed by atoms with E-state index in [1.807, 2.05) is 0 Å². The topological polar surface area (TPSA) is 270 Å². The fraction of sp³-hybridized carbons (Fsp3) is 1.00. The number of methoxy groups -OCH3 is 2. The Labute approximate surface area is 266 Å². The first kappa shape index (κ1) is 36.6. The highest BCUT2D eigenvalue weighted by Gasteiger charge is 2.57. The Morgan fingerprint density at radius 1 is 0.609 bits per heavy atom. The first-order chi connectivity index (χ1) is 21.9. The van der Waals surface area contributed by atoms with Crippen LogP contribution in [-0.4, -0.2) is 193 Å². The van der Waals surface area contributed by atoms with E-state index in [0.29, 0.717) is 19.3 Å². The van der Waals surface area contributed by atoms with Crippen LogP contribution in [-0.2, 0) is 28.4 Å². The van der Waals surface area contributed by atoms with E-state index in [-0.39, 0.29) is 30.8 Å². The number of aliphatic hydroxyl groups is 12. The van der Waals surface area contributed by atoms with Gasteiger partial charge in [0.1, 0.15) is 61.0 Å². The highest BCUT2D eigenvalue weighted by molar-refractivity contribution is 5.00. The average Bonchev–Trinajstić information content (AvgIpc) is 3.04. The molecule has 0 aromatic carbocycles. The van der Waals surface area contributed by atoms with Gasteiger partial charge >= 0.3 is 0 Å². The lowest BCUT2D eigenvalue weighted by molar-refractivity contribution is -0.379. The Hall–Kier alpha value is -0.680. The standard InChI is InChI=1S/C29H50O17/c1-40-15-3-10(4-16(41-2)20(15)34)26-17(7-12-13(33)5-11(32)6-14(12)42-26)43-29-25(39)27(22(36)19(9-31)45-29)46-28-24(38)23(37)21(35)18(8-30)44-28/h10-39H,3-9H2,1-2H3/p+1. The molecule has 11 N–H and O–H groups in total. The van der Waals surface area contributed by atoms with Crippen molar-refractivity contribution in [2.24, 2.45) is 11.8 Å². The van der Waals surface area contributed by atoms with Crippen molar-refractivity contribution in [3.63, 3.8) is 0 Å². The van der Waals surface area contributed by atoms with Crippen molar-refractivity contribution in [2.45, 2.75) is 142 Å². The van der Waals surface area contributed by atoms with E-state index in [2.05, 4.69) is 0 Å². The number of fused-ring (bicyclic) bond motifs is 1. The zero-order chi connectivity index (χ0) is 33.4. The smallest absolute Gasteiger partial charge is 0.187 e. The van der Waals surface area contributed by atoms with Crippen LogP contribution in [0.5, 0.6) is 0 Å². The normalized spacial score (nSPS) is 53.5. The van der Waals surface area contributed by atoms with E-state index in [1.54, 1.807) is 0 Å². The lowest BCUT2D eigenvalue weighted by Crippen LogP contribution is -2.66. The van der Waals surface area contributed by atoms with E-state index in [0.717, 1.165) is 0 Å². The van der Waals surface area contributed by atoms with Crippen molar-refractivity contribution >= 4 is 0 Å². The Morgan fingerprint density at radius 2 is 1.20 bits per heavy atom. The summed E-state index contributed by atoms with van der Waals surface area (Å²) in [6.07, 6.45) is -19.9. The summed E-state index contributed by atoms with van der Waals surface area (Å²) in [5.41, 5.74) is 0. The summed E-state index contributed by atoms with van der Waals surface area (Å²) in [4.78, 5) is 0. The molecule has 3 saturated heterocycles. The summed E-state index contributed by atoms with van der Waals surface area (Å²) in [6, 6.07) is 0. The third-order valence-corrected chi connectivity index (χ3v) is 10.5. The van der Waals surface area contributed by atoms with Crippen molar-refractivity contribution in [3.05, 3.63) is 0 Å². The fourth-order valence-corrected chi connectivity index (χ4v) is 7.83. The van der Waals surface area contributed by atoms with Crippen LogP contribution in [0, 0.1) is 11.8 Å². The van der Waals surface area contributed by atoms with Crippen LogP contribution < -0.4 is 0 Å². The van der Waals surface area contributed by atoms with Gasteiger partial charge in [-0.15, -0.1) is 0 Å². The maximum absolute atomic E-state index is 11.4. The van der Waals surface area contributed by atoms with Gasteiger partial charge in [0.2, 0.25) is 0 Å². The number of hydrogen-bond donors (Lipinski definition) is 10. The summed E-state index contributed by atoms with van der Waals surface area (Å²) in [6.45, 7) is -1.44. The third kappa shape index (κ3) is 7.27. The van der Waals surface area contributed by atoms with Gasteiger partial charge in [-0.2, -0.15) is 0 Å². The molecule has 0 aromatic heterocycles.